The number of carbonyl (C=O) groups is 2. The fraction of sp³-hybridized carbons (Fsp3) is 0.417. The number of methoxy groups -OCH3 is 1. The van der Waals surface area contributed by atoms with Crippen molar-refractivity contribution in [3.63, 3.8) is 0 Å². The molecule has 4 rings (SSSR count). The lowest BCUT2D eigenvalue weighted by molar-refractivity contribution is -0.136. The third kappa shape index (κ3) is 4.74. The van der Waals surface area contributed by atoms with Gasteiger partial charge in [-0.1, -0.05) is 12.1 Å². The highest BCUT2D eigenvalue weighted by Crippen LogP contribution is 2.33. The third-order valence-corrected chi connectivity index (χ3v) is 8.09. The molecule has 2 amide bonds. The lowest BCUT2D eigenvalue weighted by Gasteiger charge is -2.35. The number of nitrogens with zero attached hydrogens (tertiary/aromatic N) is 3. The largest absolute Gasteiger partial charge is 0.495 e. The minimum absolute atomic E-state index is 0.121. The zero-order valence-corrected chi connectivity index (χ0v) is 20.2. The van der Waals surface area contributed by atoms with Gasteiger partial charge in [0.2, 0.25) is 21.8 Å². The summed E-state index contributed by atoms with van der Waals surface area (Å²) in [6.07, 6.45) is 0.127. The van der Waals surface area contributed by atoms with Crippen molar-refractivity contribution in [2.24, 2.45) is 5.92 Å². The molecule has 9 nitrogen and oxygen atoms in total. The van der Waals surface area contributed by atoms with E-state index < -0.39 is 15.9 Å². The molecule has 0 aromatic heterocycles. The van der Waals surface area contributed by atoms with E-state index in [-0.39, 0.29) is 55.9 Å². The molecule has 10 heteroatoms. The molecule has 2 aliphatic heterocycles. The van der Waals surface area contributed by atoms with Crippen LogP contribution in [0.5, 0.6) is 11.5 Å². The van der Waals surface area contributed by atoms with Crippen molar-refractivity contribution in [1.29, 1.82) is 0 Å². The molecule has 1 atom stereocenters. The first kappa shape index (κ1) is 24.0. The van der Waals surface area contributed by atoms with Gasteiger partial charge in [-0.25, -0.2) is 8.42 Å². The monoisotopic (exact) mass is 487 g/mol. The van der Waals surface area contributed by atoms with Crippen LogP contribution in [0.1, 0.15) is 13.3 Å². The van der Waals surface area contributed by atoms with E-state index >= 15 is 0 Å². The summed E-state index contributed by atoms with van der Waals surface area (Å²) in [5.74, 6) is 0.484. The van der Waals surface area contributed by atoms with Crippen LogP contribution in [0.3, 0.4) is 0 Å². The molecular weight excluding hydrogens is 458 g/mol. The zero-order chi connectivity index (χ0) is 24.3. The first-order valence-electron chi connectivity index (χ1n) is 11.3. The van der Waals surface area contributed by atoms with Gasteiger partial charge in [0.15, 0.2) is 0 Å². The Balaban J connectivity index is 1.37. The first-order chi connectivity index (χ1) is 16.3. The Morgan fingerprint density at radius 3 is 2.35 bits per heavy atom. The topological polar surface area (TPSA) is 96.5 Å². The van der Waals surface area contributed by atoms with Crippen LogP contribution in [0.4, 0.5) is 5.69 Å². The summed E-state index contributed by atoms with van der Waals surface area (Å²) in [5.41, 5.74) is 0.650. The summed E-state index contributed by atoms with van der Waals surface area (Å²) in [5, 5.41) is 0. The Kier molecular flexibility index (Phi) is 7.08. The quantitative estimate of drug-likeness (QED) is 0.593. The van der Waals surface area contributed by atoms with E-state index in [0.717, 1.165) is 0 Å². The molecular formula is C24H29N3O6S. The van der Waals surface area contributed by atoms with Gasteiger partial charge in [-0.05, 0) is 43.3 Å². The molecule has 0 N–H and O–H groups in total. The van der Waals surface area contributed by atoms with Crippen LogP contribution in [0.2, 0.25) is 0 Å². The zero-order valence-electron chi connectivity index (χ0n) is 19.3. The smallest absolute Gasteiger partial charge is 0.243 e. The number of sulfonamides is 1. The second-order valence-electron chi connectivity index (χ2n) is 8.21. The Labute approximate surface area is 199 Å². The van der Waals surface area contributed by atoms with Crippen LogP contribution < -0.4 is 14.4 Å². The minimum atomic E-state index is -3.66. The van der Waals surface area contributed by atoms with Crippen LogP contribution in [0, 0.1) is 5.92 Å². The fourth-order valence-electron chi connectivity index (χ4n) is 4.39. The number of piperazine rings is 1. The molecule has 0 aliphatic carbocycles. The summed E-state index contributed by atoms with van der Waals surface area (Å²) in [4.78, 5) is 29.2. The van der Waals surface area contributed by atoms with Crippen LogP contribution in [0.15, 0.2) is 53.4 Å². The Morgan fingerprint density at radius 2 is 1.71 bits per heavy atom. The molecule has 0 saturated carbocycles. The number of hydrogen-bond donors (Lipinski definition) is 0. The van der Waals surface area contributed by atoms with Crippen LogP contribution in [-0.2, 0) is 19.6 Å². The summed E-state index contributed by atoms with van der Waals surface area (Å²) >= 11 is 0. The molecule has 182 valence electrons. The Hall–Kier alpha value is -3.11. The summed E-state index contributed by atoms with van der Waals surface area (Å²) in [7, 11) is -2.12. The number of rotatable bonds is 7. The standard InChI is InChI=1S/C24H29N3O6S/c1-3-33-19-8-10-20(11-9-19)34(30,31)26-14-12-25(13-15-26)24(29)18-16-23(28)27(17-18)21-6-4-5-7-22(21)32-2/h4-11,18H,3,12-17H2,1-2H3. The van der Waals surface area contributed by atoms with E-state index in [4.69, 9.17) is 9.47 Å². The number of para-hydroxylation sites is 2. The van der Waals surface area contributed by atoms with Gasteiger partial charge in [0.05, 0.1) is 30.2 Å². The molecule has 2 fully saturated rings. The maximum absolute atomic E-state index is 13.1. The summed E-state index contributed by atoms with van der Waals surface area (Å²) in [6.45, 7) is 3.64. The lowest BCUT2D eigenvalue weighted by Crippen LogP contribution is -2.52. The van der Waals surface area contributed by atoms with Crippen molar-refractivity contribution in [1.82, 2.24) is 9.21 Å². The highest BCUT2D eigenvalue weighted by atomic mass is 32.2. The van der Waals surface area contributed by atoms with E-state index in [9.17, 15) is 18.0 Å². The predicted octanol–water partition coefficient (Wildman–Crippen LogP) is 1.98. The molecule has 34 heavy (non-hydrogen) atoms. The molecule has 0 spiro atoms. The average Bonchev–Trinajstić information content (AvgIpc) is 3.25. The number of amides is 2. The van der Waals surface area contributed by atoms with Crippen molar-refractivity contribution in [2.75, 3.05) is 51.3 Å². The van der Waals surface area contributed by atoms with Gasteiger partial charge in [-0.3, -0.25) is 9.59 Å². The molecule has 0 radical (unpaired) electrons. The van der Waals surface area contributed by atoms with Gasteiger partial charge in [-0.2, -0.15) is 4.31 Å². The molecule has 2 aromatic rings. The van der Waals surface area contributed by atoms with Gasteiger partial charge in [0, 0.05) is 39.1 Å². The van der Waals surface area contributed by atoms with E-state index in [0.29, 0.717) is 23.8 Å². The molecule has 2 heterocycles. The van der Waals surface area contributed by atoms with Gasteiger partial charge in [-0.15, -0.1) is 0 Å². The Morgan fingerprint density at radius 1 is 1.03 bits per heavy atom. The van der Waals surface area contributed by atoms with Crippen molar-refractivity contribution < 1.29 is 27.5 Å². The highest BCUT2D eigenvalue weighted by Gasteiger charge is 2.39. The highest BCUT2D eigenvalue weighted by molar-refractivity contribution is 7.89. The van der Waals surface area contributed by atoms with Gasteiger partial charge in [0.25, 0.3) is 0 Å². The number of hydrogen-bond acceptors (Lipinski definition) is 6. The SMILES string of the molecule is CCOc1ccc(S(=O)(=O)N2CCN(C(=O)C3CC(=O)N(c4ccccc4OC)C3)CC2)cc1. The van der Waals surface area contributed by atoms with E-state index in [2.05, 4.69) is 0 Å². The number of ether oxygens (including phenoxy) is 2. The maximum Gasteiger partial charge on any atom is 0.243 e. The fourth-order valence-corrected chi connectivity index (χ4v) is 5.81. The number of anilines is 1. The van der Waals surface area contributed by atoms with Crippen LogP contribution >= 0.6 is 0 Å². The van der Waals surface area contributed by atoms with Gasteiger partial charge >= 0.3 is 0 Å². The lowest BCUT2D eigenvalue weighted by atomic mass is 10.1. The van der Waals surface area contributed by atoms with Gasteiger partial charge in [0.1, 0.15) is 11.5 Å². The molecule has 2 aliphatic rings. The number of carbonyl (C=O) groups excluding carboxylic acids is 2. The second kappa shape index (κ2) is 10.0. The summed E-state index contributed by atoms with van der Waals surface area (Å²) < 4.78 is 38.2. The van der Waals surface area contributed by atoms with E-state index in [1.807, 2.05) is 19.1 Å². The summed E-state index contributed by atoms with van der Waals surface area (Å²) in [6, 6.07) is 13.6. The molecule has 0 bridgehead atoms. The van der Waals surface area contributed by atoms with Crippen molar-refractivity contribution in [2.45, 2.75) is 18.2 Å². The van der Waals surface area contributed by atoms with E-state index in [1.54, 1.807) is 41.2 Å². The van der Waals surface area contributed by atoms with Crippen LogP contribution in [-0.4, -0.2) is 75.9 Å². The Bertz CT molecular complexity index is 1140. The minimum Gasteiger partial charge on any atom is -0.495 e. The van der Waals surface area contributed by atoms with Crippen molar-refractivity contribution >= 4 is 27.5 Å². The van der Waals surface area contributed by atoms with Crippen molar-refractivity contribution in [3.05, 3.63) is 48.5 Å². The molecule has 2 saturated heterocycles. The number of benzene rings is 2. The van der Waals surface area contributed by atoms with Crippen LogP contribution in [0.25, 0.3) is 0 Å². The normalized spacial score (nSPS) is 19.4. The van der Waals surface area contributed by atoms with E-state index in [1.165, 1.54) is 16.4 Å². The predicted molar refractivity (Wildman–Crippen MR) is 126 cm³/mol. The second-order valence-corrected chi connectivity index (χ2v) is 10.1. The third-order valence-electron chi connectivity index (χ3n) is 6.17. The maximum atomic E-state index is 13.1. The van der Waals surface area contributed by atoms with Crippen molar-refractivity contribution in [3.8, 4) is 11.5 Å². The first-order valence-corrected chi connectivity index (χ1v) is 12.7. The average molecular weight is 488 g/mol. The molecule has 1 unspecified atom stereocenters. The molecule has 2 aromatic carbocycles. The van der Waals surface area contributed by atoms with Gasteiger partial charge < -0.3 is 19.3 Å².